The summed E-state index contributed by atoms with van der Waals surface area (Å²) in [6.45, 7) is 16.3. The number of aromatic nitrogens is 2. The Hall–Kier alpha value is -3.45. The van der Waals surface area contributed by atoms with Crippen molar-refractivity contribution in [3.63, 3.8) is 0 Å². The van der Waals surface area contributed by atoms with Crippen molar-refractivity contribution in [2.75, 3.05) is 24.6 Å². The van der Waals surface area contributed by atoms with E-state index in [9.17, 15) is 9.90 Å². The predicted octanol–water partition coefficient (Wildman–Crippen LogP) is 6.95. The summed E-state index contributed by atoms with van der Waals surface area (Å²) in [6.07, 6.45) is 5.22. The molecule has 2 aromatic heterocycles. The topological polar surface area (TPSA) is 84.8 Å². The maximum Gasteiger partial charge on any atom is 0.337 e. The first-order valence-corrected chi connectivity index (χ1v) is 14.1. The first-order chi connectivity index (χ1) is 18.8. The number of benzene rings is 1. The second kappa shape index (κ2) is 12.0. The van der Waals surface area contributed by atoms with Gasteiger partial charge in [0, 0.05) is 42.5 Å². The minimum absolute atomic E-state index is 0.239. The van der Waals surface area contributed by atoms with Gasteiger partial charge < -0.3 is 19.5 Å². The maximum atomic E-state index is 12.6. The van der Waals surface area contributed by atoms with Crippen molar-refractivity contribution in [2.24, 2.45) is 5.41 Å². The summed E-state index contributed by atoms with van der Waals surface area (Å²) in [5.74, 6) is -0.335. The number of hydrogen-bond acceptors (Lipinski definition) is 6. The quantitative estimate of drug-likeness (QED) is 0.311. The van der Waals surface area contributed by atoms with Gasteiger partial charge in [0.05, 0.1) is 29.8 Å². The Balaban J connectivity index is 1.67. The molecule has 4 rings (SSSR count). The van der Waals surface area contributed by atoms with Crippen LogP contribution < -0.4 is 9.64 Å². The fourth-order valence-electron chi connectivity index (χ4n) is 5.15. The molecule has 1 atom stereocenters. The number of carboxylic acids is 1. The van der Waals surface area contributed by atoms with Gasteiger partial charge in [-0.1, -0.05) is 43.7 Å². The zero-order valence-corrected chi connectivity index (χ0v) is 25.0. The Morgan fingerprint density at radius 3 is 2.40 bits per heavy atom. The molecular formula is C33H43N3O4. The second-order valence-electron chi connectivity index (χ2n) is 12.6. The smallest absolute Gasteiger partial charge is 0.337 e. The number of ether oxygens (including phenoxy) is 2. The van der Waals surface area contributed by atoms with Crippen LogP contribution in [0.25, 0.3) is 11.3 Å². The Labute approximate surface area is 238 Å². The molecule has 0 unspecified atom stereocenters. The van der Waals surface area contributed by atoms with Crippen molar-refractivity contribution in [1.29, 1.82) is 0 Å². The van der Waals surface area contributed by atoms with Gasteiger partial charge in [-0.05, 0) is 70.6 Å². The fraction of sp³-hybridized carbons (Fsp3) is 0.485. The van der Waals surface area contributed by atoms with Crippen LogP contribution in [0.4, 0.5) is 5.69 Å². The third-order valence-corrected chi connectivity index (χ3v) is 7.43. The lowest BCUT2D eigenvalue weighted by atomic mass is 9.82. The van der Waals surface area contributed by atoms with Gasteiger partial charge in [-0.25, -0.2) is 4.79 Å². The SMILES string of the molecule is Cc1cccc(CCOc2ccc(-c3cnc(C)c([C@H](OC(C)(C)C)C(=O)O)c3N3CCC(C)(C)CC3)nc2)c1. The van der Waals surface area contributed by atoms with Gasteiger partial charge in [0.1, 0.15) is 5.75 Å². The van der Waals surface area contributed by atoms with Crippen LogP contribution in [0.2, 0.25) is 0 Å². The molecule has 7 nitrogen and oxygen atoms in total. The largest absolute Gasteiger partial charge is 0.492 e. The third kappa shape index (κ3) is 7.39. The van der Waals surface area contributed by atoms with E-state index in [1.807, 2.05) is 46.0 Å². The first kappa shape index (κ1) is 29.5. The van der Waals surface area contributed by atoms with Crippen LogP contribution in [0.3, 0.4) is 0 Å². The number of anilines is 1. The molecule has 0 saturated carbocycles. The predicted molar refractivity (Wildman–Crippen MR) is 159 cm³/mol. The molecule has 0 aliphatic carbocycles. The lowest BCUT2D eigenvalue weighted by Crippen LogP contribution is -2.39. The number of pyridine rings is 2. The summed E-state index contributed by atoms with van der Waals surface area (Å²) in [5, 5.41) is 10.3. The van der Waals surface area contributed by atoms with Gasteiger partial charge >= 0.3 is 5.97 Å². The monoisotopic (exact) mass is 545 g/mol. The summed E-state index contributed by atoms with van der Waals surface area (Å²) in [4.78, 5) is 24.3. The van der Waals surface area contributed by atoms with Crippen LogP contribution in [-0.4, -0.2) is 46.3 Å². The third-order valence-electron chi connectivity index (χ3n) is 7.43. The van der Waals surface area contributed by atoms with Crippen LogP contribution >= 0.6 is 0 Å². The summed E-state index contributed by atoms with van der Waals surface area (Å²) in [7, 11) is 0. The van der Waals surface area contributed by atoms with Gasteiger partial charge in [0.25, 0.3) is 0 Å². The van der Waals surface area contributed by atoms with Crippen molar-refractivity contribution < 1.29 is 19.4 Å². The zero-order valence-electron chi connectivity index (χ0n) is 25.0. The van der Waals surface area contributed by atoms with E-state index in [0.717, 1.165) is 49.3 Å². The van der Waals surface area contributed by atoms with E-state index in [-0.39, 0.29) is 5.41 Å². The summed E-state index contributed by atoms with van der Waals surface area (Å²) < 4.78 is 12.1. The van der Waals surface area contributed by atoms with E-state index < -0.39 is 17.7 Å². The van der Waals surface area contributed by atoms with Crippen LogP contribution in [0, 0.1) is 19.3 Å². The molecule has 3 heterocycles. The molecule has 1 aliphatic heterocycles. The highest BCUT2D eigenvalue weighted by Crippen LogP contribution is 2.43. The Bertz CT molecular complexity index is 1320. The molecule has 214 valence electrons. The minimum Gasteiger partial charge on any atom is -0.492 e. The second-order valence-corrected chi connectivity index (χ2v) is 12.6. The maximum absolute atomic E-state index is 12.6. The lowest BCUT2D eigenvalue weighted by molar-refractivity contribution is -0.160. The highest BCUT2D eigenvalue weighted by Gasteiger charge is 2.36. The molecule has 1 aliphatic rings. The number of carboxylic acid groups (broad SMARTS) is 1. The number of aliphatic carboxylic acids is 1. The Kier molecular flexibility index (Phi) is 8.83. The summed E-state index contributed by atoms with van der Waals surface area (Å²) in [5.41, 5.74) is 5.68. The molecule has 0 bridgehead atoms. The summed E-state index contributed by atoms with van der Waals surface area (Å²) >= 11 is 0. The highest BCUT2D eigenvalue weighted by atomic mass is 16.5. The molecule has 7 heteroatoms. The molecule has 1 aromatic carbocycles. The van der Waals surface area contributed by atoms with E-state index in [2.05, 4.69) is 54.9 Å². The van der Waals surface area contributed by atoms with Gasteiger partial charge in [-0.2, -0.15) is 0 Å². The first-order valence-electron chi connectivity index (χ1n) is 14.1. The number of carbonyl (C=O) groups is 1. The zero-order chi connectivity index (χ0) is 29.1. The molecular weight excluding hydrogens is 502 g/mol. The van der Waals surface area contributed by atoms with Crippen molar-refractivity contribution >= 4 is 11.7 Å². The van der Waals surface area contributed by atoms with Crippen molar-refractivity contribution in [3.8, 4) is 17.0 Å². The van der Waals surface area contributed by atoms with Gasteiger partial charge in [-0.3, -0.25) is 9.97 Å². The molecule has 1 fully saturated rings. The van der Waals surface area contributed by atoms with E-state index in [1.165, 1.54) is 11.1 Å². The average molecular weight is 546 g/mol. The number of aryl methyl sites for hydroxylation is 2. The fourth-order valence-corrected chi connectivity index (χ4v) is 5.15. The molecule has 3 aromatic rings. The molecule has 0 amide bonds. The molecule has 0 spiro atoms. The van der Waals surface area contributed by atoms with Crippen LogP contribution in [0.15, 0.2) is 48.8 Å². The van der Waals surface area contributed by atoms with Gasteiger partial charge in [-0.15, -0.1) is 0 Å². The van der Waals surface area contributed by atoms with Gasteiger partial charge in [0.2, 0.25) is 0 Å². The van der Waals surface area contributed by atoms with Crippen LogP contribution in [0.5, 0.6) is 5.75 Å². The lowest BCUT2D eigenvalue weighted by Gasteiger charge is -2.40. The van der Waals surface area contributed by atoms with Gasteiger partial charge in [0.15, 0.2) is 6.10 Å². The number of rotatable bonds is 9. The Morgan fingerprint density at radius 2 is 1.80 bits per heavy atom. The number of nitrogens with zero attached hydrogens (tertiary/aromatic N) is 3. The Morgan fingerprint density at radius 1 is 1.07 bits per heavy atom. The van der Waals surface area contributed by atoms with Crippen LogP contribution in [0.1, 0.15) is 75.9 Å². The number of piperidine rings is 1. The van der Waals surface area contributed by atoms with E-state index >= 15 is 0 Å². The molecule has 40 heavy (non-hydrogen) atoms. The summed E-state index contributed by atoms with van der Waals surface area (Å²) in [6, 6.07) is 12.3. The number of hydrogen-bond donors (Lipinski definition) is 1. The minimum atomic E-state index is -1.15. The highest BCUT2D eigenvalue weighted by molar-refractivity contribution is 5.85. The normalized spacial score (nSPS) is 16.0. The molecule has 1 saturated heterocycles. The van der Waals surface area contributed by atoms with E-state index in [4.69, 9.17) is 14.5 Å². The van der Waals surface area contributed by atoms with Crippen molar-refractivity contribution in [3.05, 3.63) is 71.2 Å². The molecule has 1 N–H and O–H groups in total. The van der Waals surface area contributed by atoms with E-state index in [1.54, 1.807) is 6.20 Å². The average Bonchev–Trinajstić information content (AvgIpc) is 2.87. The van der Waals surface area contributed by atoms with Crippen molar-refractivity contribution in [1.82, 2.24) is 9.97 Å². The standard InChI is InChI=1S/C33H43N3O4/c1-22-9-8-10-24(19-22)13-18-39-25-11-12-27(35-20-25)26-21-34-23(2)28(30(31(37)38)40-32(3,4)5)29(26)36-16-14-33(6,7)15-17-36/h8-12,19-21,30H,13-18H2,1-7H3,(H,37,38)/t30-/m0/s1. The van der Waals surface area contributed by atoms with E-state index in [0.29, 0.717) is 23.6 Å². The van der Waals surface area contributed by atoms with Crippen molar-refractivity contribution in [2.45, 2.75) is 79.4 Å². The van der Waals surface area contributed by atoms with Crippen LogP contribution in [-0.2, 0) is 16.0 Å². The molecule has 0 radical (unpaired) electrons.